The standard InChI is InChI=1S/C9H14N2O4/c12-5-7(8(13)14)11-9(15)10-6-3-1-2-4-6/h1-2,6-7,12H,3-5H2,(H,13,14)(H2,10,11,15). The summed E-state index contributed by atoms with van der Waals surface area (Å²) in [6.07, 6.45) is 5.41. The molecular formula is C9H14N2O4. The highest BCUT2D eigenvalue weighted by Gasteiger charge is 2.20. The molecular weight excluding hydrogens is 200 g/mol. The summed E-state index contributed by atoms with van der Waals surface area (Å²) in [5.74, 6) is -1.25. The first-order chi connectivity index (χ1) is 7.13. The van der Waals surface area contributed by atoms with Gasteiger partial charge in [0.25, 0.3) is 0 Å². The molecule has 1 aliphatic rings. The SMILES string of the molecule is O=C(NC1CC=CC1)NC(CO)C(=O)O. The fourth-order valence-corrected chi connectivity index (χ4v) is 1.31. The van der Waals surface area contributed by atoms with Crippen molar-refractivity contribution in [3.8, 4) is 0 Å². The van der Waals surface area contributed by atoms with Gasteiger partial charge >= 0.3 is 12.0 Å². The van der Waals surface area contributed by atoms with E-state index in [2.05, 4.69) is 10.6 Å². The molecule has 0 saturated carbocycles. The van der Waals surface area contributed by atoms with Crippen molar-refractivity contribution in [2.45, 2.75) is 24.9 Å². The third kappa shape index (κ3) is 3.59. The lowest BCUT2D eigenvalue weighted by Crippen LogP contribution is -2.50. The second-order valence-corrected chi connectivity index (χ2v) is 3.33. The second kappa shape index (κ2) is 5.35. The van der Waals surface area contributed by atoms with E-state index < -0.39 is 24.6 Å². The van der Waals surface area contributed by atoms with Crippen LogP contribution in [0.15, 0.2) is 12.2 Å². The van der Waals surface area contributed by atoms with E-state index in [0.717, 1.165) is 12.8 Å². The molecule has 1 rings (SSSR count). The number of aliphatic hydroxyl groups excluding tert-OH is 1. The van der Waals surface area contributed by atoms with Crippen LogP contribution in [-0.2, 0) is 4.79 Å². The Labute approximate surface area is 87.0 Å². The number of carboxylic acids is 1. The third-order valence-electron chi connectivity index (χ3n) is 2.13. The average molecular weight is 214 g/mol. The molecule has 0 saturated heterocycles. The van der Waals surface area contributed by atoms with Crippen LogP contribution >= 0.6 is 0 Å². The Morgan fingerprint density at radius 2 is 2.00 bits per heavy atom. The first-order valence-corrected chi connectivity index (χ1v) is 4.69. The molecule has 0 heterocycles. The third-order valence-corrected chi connectivity index (χ3v) is 2.13. The maximum atomic E-state index is 11.2. The number of nitrogens with one attached hydrogen (secondary N) is 2. The lowest BCUT2D eigenvalue weighted by atomic mass is 10.2. The highest BCUT2D eigenvalue weighted by atomic mass is 16.4. The summed E-state index contributed by atoms with van der Waals surface area (Å²) < 4.78 is 0. The number of rotatable bonds is 4. The second-order valence-electron chi connectivity index (χ2n) is 3.33. The zero-order chi connectivity index (χ0) is 11.3. The Bertz CT molecular complexity index is 269. The Hall–Kier alpha value is -1.56. The average Bonchev–Trinajstić information content (AvgIpc) is 2.66. The number of carbonyl (C=O) groups excluding carboxylic acids is 1. The van der Waals surface area contributed by atoms with E-state index in [9.17, 15) is 9.59 Å². The summed E-state index contributed by atoms with van der Waals surface area (Å²) in [5.41, 5.74) is 0. The van der Waals surface area contributed by atoms with E-state index in [4.69, 9.17) is 10.2 Å². The quantitative estimate of drug-likeness (QED) is 0.472. The first kappa shape index (κ1) is 11.5. The van der Waals surface area contributed by atoms with Gasteiger partial charge in [0.05, 0.1) is 6.61 Å². The number of amides is 2. The van der Waals surface area contributed by atoms with Gasteiger partial charge in [-0.15, -0.1) is 0 Å². The molecule has 0 aromatic carbocycles. The number of hydrogen-bond donors (Lipinski definition) is 4. The van der Waals surface area contributed by atoms with E-state index in [1.807, 2.05) is 12.2 Å². The minimum atomic E-state index is -1.25. The van der Waals surface area contributed by atoms with Crippen LogP contribution in [0.1, 0.15) is 12.8 Å². The van der Waals surface area contributed by atoms with Crippen LogP contribution in [0.5, 0.6) is 0 Å². The largest absolute Gasteiger partial charge is 0.480 e. The lowest BCUT2D eigenvalue weighted by Gasteiger charge is -2.16. The van der Waals surface area contributed by atoms with Crippen molar-refractivity contribution >= 4 is 12.0 Å². The van der Waals surface area contributed by atoms with Crippen LogP contribution in [-0.4, -0.2) is 40.9 Å². The number of aliphatic hydroxyl groups is 1. The molecule has 2 amide bonds. The molecule has 0 radical (unpaired) electrons. The smallest absolute Gasteiger partial charge is 0.328 e. The van der Waals surface area contributed by atoms with Crippen molar-refractivity contribution < 1.29 is 19.8 Å². The van der Waals surface area contributed by atoms with Crippen LogP contribution in [0.2, 0.25) is 0 Å². The van der Waals surface area contributed by atoms with E-state index in [0.29, 0.717) is 0 Å². The van der Waals surface area contributed by atoms with E-state index in [-0.39, 0.29) is 6.04 Å². The van der Waals surface area contributed by atoms with Gasteiger partial charge in [0.2, 0.25) is 0 Å². The summed E-state index contributed by atoms with van der Waals surface area (Å²) in [4.78, 5) is 21.7. The van der Waals surface area contributed by atoms with Crippen LogP contribution < -0.4 is 10.6 Å². The van der Waals surface area contributed by atoms with Crippen LogP contribution in [0.4, 0.5) is 4.79 Å². The molecule has 1 atom stereocenters. The Morgan fingerprint density at radius 3 is 2.47 bits per heavy atom. The van der Waals surface area contributed by atoms with Crippen LogP contribution in [0.25, 0.3) is 0 Å². The van der Waals surface area contributed by atoms with Gasteiger partial charge in [-0.1, -0.05) is 12.2 Å². The maximum absolute atomic E-state index is 11.2. The Kier molecular flexibility index (Phi) is 4.11. The predicted molar refractivity (Wildman–Crippen MR) is 52.3 cm³/mol. The fraction of sp³-hybridized carbons (Fsp3) is 0.556. The molecule has 0 bridgehead atoms. The molecule has 6 heteroatoms. The number of carbonyl (C=O) groups is 2. The summed E-state index contributed by atoms with van der Waals surface area (Å²) in [6, 6.07) is -1.79. The van der Waals surface area contributed by atoms with Gasteiger partial charge in [-0.05, 0) is 12.8 Å². The van der Waals surface area contributed by atoms with E-state index in [1.54, 1.807) is 0 Å². The van der Waals surface area contributed by atoms with Crippen molar-refractivity contribution in [1.82, 2.24) is 10.6 Å². The molecule has 0 aromatic rings. The Balaban J connectivity index is 2.30. The minimum Gasteiger partial charge on any atom is -0.480 e. The zero-order valence-corrected chi connectivity index (χ0v) is 8.14. The number of urea groups is 1. The topological polar surface area (TPSA) is 98.7 Å². The molecule has 0 aromatic heterocycles. The number of aliphatic carboxylic acids is 1. The lowest BCUT2D eigenvalue weighted by molar-refractivity contribution is -0.140. The monoisotopic (exact) mass is 214 g/mol. The minimum absolute atomic E-state index is 0.0261. The van der Waals surface area contributed by atoms with Crippen molar-refractivity contribution in [3.63, 3.8) is 0 Å². The molecule has 1 unspecified atom stereocenters. The van der Waals surface area contributed by atoms with Gasteiger partial charge in [-0.3, -0.25) is 0 Å². The maximum Gasteiger partial charge on any atom is 0.328 e. The van der Waals surface area contributed by atoms with E-state index in [1.165, 1.54) is 0 Å². The van der Waals surface area contributed by atoms with E-state index >= 15 is 0 Å². The van der Waals surface area contributed by atoms with Crippen molar-refractivity contribution in [2.75, 3.05) is 6.61 Å². The number of carboxylic acid groups (broad SMARTS) is 1. The van der Waals surface area contributed by atoms with Crippen LogP contribution in [0, 0.1) is 0 Å². The first-order valence-electron chi connectivity index (χ1n) is 4.69. The molecule has 0 spiro atoms. The summed E-state index contributed by atoms with van der Waals surface area (Å²) in [5, 5.41) is 22.0. The Morgan fingerprint density at radius 1 is 1.40 bits per heavy atom. The molecule has 84 valence electrons. The highest BCUT2D eigenvalue weighted by Crippen LogP contribution is 2.08. The predicted octanol–water partition coefficient (Wildman–Crippen LogP) is -0.550. The van der Waals surface area contributed by atoms with Gasteiger partial charge in [0, 0.05) is 6.04 Å². The summed E-state index contributed by atoms with van der Waals surface area (Å²) >= 11 is 0. The van der Waals surface area contributed by atoms with Crippen molar-refractivity contribution in [1.29, 1.82) is 0 Å². The molecule has 6 nitrogen and oxygen atoms in total. The summed E-state index contributed by atoms with van der Waals surface area (Å²) in [6.45, 7) is -0.619. The molecule has 0 aliphatic heterocycles. The van der Waals surface area contributed by atoms with Crippen LogP contribution in [0.3, 0.4) is 0 Å². The molecule has 0 fully saturated rings. The summed E-state index contributed by atoms with van der Waals surface area (Å²) in [7, 11) is 0. The fourth-order valence-electron chi connectivity index (χ4n) is 1.31. The molecule has 1 aliphatic carbocycles. The van der Waals surface area contributed by atoms with Gasteiger partial charge in [-0.2, -0.15) is 0 Å². The van der Waals surface area contributed by atoms with Gasteiger partial charge < -0.3 is 20.8 Å². The van der Waals surface area contributed by atoms with Crippen molar-refractivity contribution in [3.05, 3.63) is 12.2 Å². The molecule has 15 heavy (non-hydrogen) atoms. The number of hydrogen-bond acceptors (Lipinski definition) is 3. The molecule has 4 N–H and O–H groups in total. The van der Waals surface area contributed by atoms with Crippen molar-refractivity contribution in [2.24, 2.45) is 0 Å². The van der Waals surface area contributed by atoms with Gasteiger partial charge in [0.15, 0.2) is 6.04 Å². The van der Waals surface area contributed by atoms with Gasteiger partial charge in [-0.25, -0.2) is 9.59 Å². The highest BCUT2D eigenvalue weighted by molar-refractivity contribution is 5.82. The normalized spacial score (nSPS) is 17.4. The zero-order valence-electron chi connectivity index (χ0n) is 8.14. The van der Waals surface area contributed by atoms with Gasteiger partial charge in [0.1, 0.15) is 0 Å².